The van der Waals surface area contributed by atoms with Crippen LogP contribution < -0.4 is 5.32 Å². The number of carbonyl (C=O) groups is 1. The second-order valence-electron chi connectivity index (χ2n) is 4.71. The third-order valence-corrected chi connectivity index (χ3v) is 3.05. The van der Waals surface area contributed by atoms with Crippen molar-refractivity contribution in [1.82, 2.24) is 0 Å². The monoisotopic (exact) mass is 280 g/mol. The summed E-state index contributed by atoms with van der Waals surface area (Å²) in [6, 6.07) is 5.21. The van der Waals surface area contributed by atoms with Gasteiger partial charge < -0.3 is 10.4 Å². The first-order valence-electron chi connectivity index (χ1n) is 6.72. The van der Waals surface area contributed by atoms with Crippen LogP contribution in [0, 0.1) is 17.0 Å². The van der Waals surface area contributed by atoms with Crippen molar-refractivity contribution in [2.75, 3.05) is 11.9 Å². The number of para-hydroxylation sites is 1. The molecule has 0 bridgehead atoms. The number of benzene rings is 1. The lowest BCUT2D eigenvalue weighted by Crippen LogP contribution is -2.05. The molecule has 6 nitrogen and oxygen atoms in total. The van der Waals surface area contributed by atoms with Crippen LogP contribution in [-0.4, -0.2) is 22.5 Å². The molecule has 0 saturated carbocycles. The van der Waals surface area contributed by atoms with E-state index in [1.807, 2.05) is 0 Å². The Morgan fingerprint density at radius 3 is 2.65 bits per heavy atom. The molecule has 0 unspecified atom stereocenters. The lowest BCUT2D eigenvalue weighted by molar-refractivity contribution is -0.384. The molecule has 0 spiro atoms. The summed E-state index contributed by atoms with van der Waals surface area (Å²) < 4.78 is 0. The molecule has 1 aromatic carbocycles. The predicted octanol–water partition coefficient (Wildman–Crippen LogP) is 3.35. The zero-order valence-electron chi connectivity index (χ0n) is 11.6. The van der Waals surface area contributed by atoms with Gasteiger partial charge in [0.05, 0.1) is 4.92 Å². The van der Waals surface area contributed by atoms with Crippen molar-refractivity contribution in [1.29, 1.82) is 0 Å². The topological polar surface area (TPSA) is 92.5 Å². The molecule has 0 aliphatic carbocycles. The number of unbranched alkanes of at least 4 members (excludes halogenated alkanes) is 3. The van der Waals surface area contributed by atoms with Gasteiger partial charge in [0.1, 0.15) is 5.69 Å². The molecule has 0 fully saturated rings. The first-order valence-corrected chi connectivity index (χ1v) is 6.72. The first kappa shape index (κ1) is 15.9. The highest BCUT2D eigenvalue weighted by molar-refractivity contribution is 5.66. The van der Waals surface area contributed by atoms with Crippen LogP contribution in [0.4, 0.5) is 11.4 Å². The number of carboxylic acid groups (broad SMARTS) is 1. The lowest BCUT2D eigenvalue weighted by atomic mass is 10.1. The van der Waals surface area contributed by atoms with Gasteiger partial charge in [0, 0.05) is 18.5 Å². The fourth-order valence-electron chi connectivity index (χ4n) is 2.02. The molecule has 0 amide bonds. The minimum atomic E-state index is -0.765. The number of anilines is 1. The average Bonchev–Trinajstić information content (AvgIpc) is 2.36. The van der Waals surface area contributed by atoms with Gasteiger partial charge in [-0.15, -0.1) is 0 Å². The number of nitrogens with one attached hydrogen (secondary N) is 1. The van der Waals surface area contributed by atoms with E-state index < -0.39 is 5.97 Å². The largest absolute Gasteiger partial charge is 0.481 e. The van der Waals surface area contributed by atoms with Crippen LogP contribution in [0.25, 0.3) is 0 Å². The maximum Gasteiger partial charge on any atom is 0.303 e. The SMILES string of the molecule is Cc1cccc(NCCCCCCC(=O)O)c1[N+](=O)[O-]. The van der Waals surface area contributed by atoms with Crippen LogP contribution in [0.1, 0.15) is 37.7 Å². The molecule has 1 aromatic rings. The standard InChI is InChI=1S/C14H20N2O4/c1-11-7-6-8-12(14(11)16(19)20)15-10-5-3-2-4-9-13(17)18/h6-8,15H,2-5,9-10H2,1H3,(H,17,18). The van der Waals surface area contributed by atoms with Gasteiger partial charge in [0.15, 0.2) is 0 Å². The Morgan fingerprint density at radius 1 is 1.30 bits per heavy atom. The molecule has 0 aliphatic heterocycles. The number of aryl methyl sites for hydroxylation is 1. The molecule has 1 rings (SSSR count). The van der Waals surface area contributed by atoms with Crippen molar-refractivity contribution in [2.45, 2.75) is 39.0 Å². The number of nitrogens with zero attached hydrogens (tertiary/aromatic N) is 1. The molecular formula is C14H20N2O4. The molecule has 0 heterocycles. The highest BCUT2D eigenvalue weighted by atomic mass is 16.6. The van der Waals surface area contributed by atoms with Crippen molar-refractivity contribution in [3.63, 3.8) is 0 Å². The van der Waals surface area contributed by atoms with E-state index >= 15 is 0 Å². The Balaban J connectivity index is 2.34. The Morgan fingerprint density at radius 2 is 2.00 bits per heavy atom. The summed E-state index contributed by atoms with van der Waals surface area (Å²) in [4.78, 5) is 21.0. The molecule has 20 heavy (non-hydrogen) atoms. The summed E-state index contributed by atoms with van der Waals surface area (Å²) in [5.74, 6) is -0.765. The van der Waals surface area contributed by atoms with Crippen LogP contribution in [-0.2, 0) is 4.79 Å². The van der Waals surface area contributed by atoms with E-state index in [1.54, 1.807) is 25.1 Å². The maximum absolute atomic E-state index is 11.0. The first-order chi connectivity index (χ1) is 9.52. The molecule has 0 atom stereocenters. The molecule has 2 N–H and O–H groups in total. The summed E-state index contributed by atoms with van der Waals surface area (Å²) in [6.45, 7) is 2.37. The molecule has 0 radical (unpaired) electrons. The van der Waals surface area contributed by atoms with E-state index in [2.05, 4.69) is 5.32 Å². The molecule has 110 valence electrons. The second kappa shape index (κ2) is 8.14. The number of rotatable bonds is 9. The smallest absolute Gasteiger partial charge is 0.303 e. The van der Waals surface area contributed by atoms with E-state index in [0.717, 1.165) is 19.3 Å². The number of nitro groups is 1. The van der Waals surface area contributed by atoms with Gasteiger partial charge >= 0.3 is 5.97 Å². The fraction of sp³-hybridized carbons (Fsp3) is 0.500. The average molecular weight is 280 g/mol. The zero-order chi connectivity index (χ0) is 15.0. The summed E-state index contributed by atoms with van der Waals surface area (Å²) in [5.41, 5.74) is 1.31. The van der Waals surface area contributed by atoms with Crippen LogP contribution in [0.3, 0.4) is 0 Å². The normalized spacial score (nSPS) is 10.2. The second-order valence-corrected chi connectivity index (χ2v) is 4.71. The van der Waals surface area contributed by atoms with Gasteiger partial charge in [0.2, 0.25) is 0 Å². The van der Waals surface area contributed by atoms with Gasteiger partial charge in [-0.25, -0.2) is 0 Å². The molecule has 6 heteroatoms. The number of hydrogen-bond acceptors (Lipinski definition) is 4. The molecular weight excluding hydrogens is 260 g/mol. The third kappa shape index (κ3) is 5.26. The Hall–Kier alpha value is -2.11. The number of carboxylic acids is 1. The third-order valence-electron chi connectivity index (χ3n) is 3.05. The van der Waals surface area contributed by atoms with E-state index in [-0.39, 0.29) is 17.0 Å². The van der Waals surface area contributed by atoms with Gasteiger partial charge in [-0.2, -0.15) is 0 Å². The summed E-state index contributed by atoms with van der Waals surface area (Å²) in [6.07, 6.45) is 3.53. The summed E-state index contributed by atoms with van der Waals surface area (Å²) in [5, 5.41) is 22.6. The van der Waals surface area contributed by atoms with E-state index in [0.29, 0.717) is 24.2 Å². The highest BCUT2D eigenvalue weighted by Crippen LogP contribution is 2.27. The Kier molecular flexibility index (Phi) is 6.49. The van der Waals surface area contributed by atoms with Crippen molar-refractivity contribution in [3.05, 3.63) is 33.9 Å². The van der Waals surface area contributed by atoms with Crippen molar-refractivity contribution in [3.8, 4) is 0 Å². The number of hydrogen-bond donors (Lipinski definition) is 2. The van der Waals surface area contributed by atoms with Crippen LogP contribution in [0.15, 0.2) is 18.2 Å². The van der Waals surface area contributed by atoms with Crippen molar-refractivity contribution in [2.24, 2.45) is 0 Å². The zero-order valence-corrected chi connectivity index (χ0v) is 11.6. The predicted molar refractivity (Wildman–Crippen MR) is 77.0 cm³/mol. The maximum atomic E-state index is 11.0. The lowest BCUT2D eigenvalue weighted by Gasteiger charge is -2.08. The Labute approximate surface area is 118 Å². The van der Waals surface area contributed by atoms with E-state index in [9.17, 15) is 14.9 Å². The summed E-state index contributed by atoms with van der Waals surface area (Å²) >= 11 is 0. The van der Waals surface area contributed by atoms with Crippen LogP contribution >= 0.6 is 0 Å². The van der Waals surface area contributed by atoms with E-state index in [1.165, 1.54) is 0 Å². The number of aliphatic carboxylic acids is 1. The molecule has 0 aromatic heterocycles. The van der Waals surface area contributed by atoms with Crippen LogP contribution in [0.5, 0.6) is 0 Å². The minimum absolute atomic E-state index is 0.123. The quantitative estimate of drug-likeness (QED) is 0.411. The highest BCUT2D eigenvalue weighted by Gasteiger charge is 2.15. The van der Waals surface area contributed by atoms with E-state index in [4.69, 9.17) is 5.11 Å². The minimum Gasteiger partial charge on any atom is -0.481 e. The fourth-order valence-corrected chi connectivity index (χ4v) is 2.02. The van der Waals surface area contributed by atoms with Gasteiger partial charge in [-0.05, 0) is 25.8 Å². The summed E-state index contributed by atoms with van der Waals surface area (Å²) in [7, 11) is 0. The molecule has 0 saturated heterocycles. The van der Waals surface area contributed by atoms with Crippen LogP contribution in [0.2, 0.25) is 0 Å². The van der Waals surface area contributed by atoms with Gasteiger partial charge in [0.25, 0.3) is 5.69 Å². The Bertz CT molecular complexity index is 474. The molecule has 0 aliphatic rings. The van der Waals surface area contributed by atoms with Crippen molar-refractivity contribution >= 4 is 17.3 Å². The number of nitro benzene ring substituents is 1. The van der Waals surface area contributed by atoms with Crippen molar-refractivity contribution < 1.29 is 14.8 Å². The van der Waals surface area contributed by atoms with Gasteiger partial charge in [-0.1, -0.05) is 25.0 Å². The van der Waals surface area contributed by atoms with Gasteiger partial charge in [-0.3, -0.25) is 14.9 Å².